The molecule has 0 saturated carbocycles. The Morgan fingerprint density at radius 2 is 1.91 bits per heavy atom. The molecule has 120 valence electrons. The number of ether oxygens (including phenoxy) is 2. The number of methoxy groups -OCH3 is 1. The molecule has 0 spiro atoms. The number of hydrogen-bond acceptors (Lipinski definition) is 3. The van der Waals surface area contributed by atoms with E-state index in [-0.39, 0.29) is 17.8 Å². The van der Waals surface area contributed by atoms with Crippen molar-refractivity contribution >= 4 is 5.91 Å². The molecule has 1 fully saturated rings. The quantitative estimate of drug-likeness (QED) is 0.870. The first-order valence-corrected chi connectivity index (χ1v) is 7.43. The van der Waals surface area contributed by atoms with Crippen LogP contribution in [-0.2, 0) is 0 Å². The van der Waals surface area contributed by atoms with Crippen LogP contribution in [0.2, 0.25) is 0 Å². The molecule has 23 heavy (non-hydrogen) atoms. The van der Waals surface area contributed by atoms with Gasteiger partial charge in [-0.3, -0.25) is 4.79 Å². The Kier molecular flexibility index (Phi) is 4.19. The maximum atomic E-state index is 13.1. The first-order valence-electron chi connectivity index (χ1n) is 7.43. The molecule has 0 bridgehead atoms. The van der Waals surface area contributed by atoms with Crippen LogP contribution in [0.25, 0.3) is 0 Å². The normalized spacial score (nSPS) is 14.3. The molecule has 1 aliphatic heterocycles. The molecule has 2 aromatic rings. The monoisotopic (exact) mass is 315 g/mol. The first-order chi connectivity index (χ1) is 11.1. The number of likely N-dealkylation sites (tertiary alicyclic amines) is 1. The highest BCUT2D eigenvalue weighted by Gasteiger charge is 2.34. The number of para-hydroxylation sites is 1. The lowest BCUT2D eigenvalue weighted by molar-refractivity contribution is 0.0173. The molecule has 0 radical (unpaired) electrons. The molecule has 4 nitrogen and oxygen atoms in total. The van der Waals surface area contributed by atoms with E-state index in [1.54, 1.807) is 37.1 Å². The van der Waals surface area contributed by atoms with E-state index in [2.05, 4.69) is 0 Å². The van der Waals surface area contributed by atoms with Crippen molar-refractivity contribution in [3.8, 4) is 11.5 Å². The summed E-state index contributed by atoms with van der Waals surface area (Å²) in [6.07, 6.45) is -0.0715. The minimum absolute atomic E-state index is 0.0712. The number of halogens is 1. The highest BCUT2D eigenvalue weighted by molar-refractivity contribution is 5.97. The smallest absolute Gasteiger partial charge is 0.257 e. The summed E-state index contributed by atoms with van der Waals surface area (Å²) in [6.45, 7) is 2.82. The second-order valence-corrected chi connectivity index (χ2v) is 5.56. The van der Waals surface area contributed by atoms with Gasteiger partial charge in [-0.05, 0) is 42.8 Å². The fraction of sp³-hybridized carbons (Fsp3) is 0.278. The van der Waals surface area contributed by atoms with Crippen LogP contribution in [0.1, 0.15) is 15.9 Å². The second-order valence-electron chi connectivity index (χ2n) is 5.56. The minimum atomic E-state index is -0.281. The van der Waals surface area contributed by atoms with E-state index in [4.69, 9.17) is 9.47 Å². The molecule has 0 atom stereocenters. The summed E-state index contributed by atoms with van der Waals surface area (Å²) < 4.78 is 24.1. The van der Waals surface area contributed by atoms with Crippen LogP contribution in [0.3, 0.4) is 0 Å². The zero-order valence-electron chi connectivity index (χ0n) is 13.1. The van der Waals surface area contributed by atoms with E-state index in [0.29, 0.717) is 30.2 Å². The average molecular weight is 315 g/mol. The fourth-order valence-corrected chi connectivity index (χ4v) is 2.59. The summed E-state index contributed by atoms with van der Waals surface area (Å²) in [4.78, 5) is 14.2. The van der Waals surface area contributed by atoms with Gasteiger partial charge in [0, 0.05) is 0 Å². The summed E-state index contributed by atoms with van der Waals surface area (Å²) in [7, 11) is 1.55. The van der Waals surface area contributed by atoms with Crippen molar-refractivity contribution in [2.45, 2.75) is 13.0 Å². The van der Waals surface area contributed by atoms with Gasteiger partial charge in [0.25, 0.3) is 5.91 Å². The van der Waals surface area contributed by atoms with Gasteiger partial charge in [-0.25, -0.2) is 4.39 Å². The Morgan fingerprint density at radius 1 is 1.17 bits per heavy atom. The van der Waals surface area contributed by atoms with Crippen molar-refractivity contribution in [2.24, 2.45) is 0 Å². The van der Waals surface area contributed by atoms with Crippen LogP contribution in [0.4, 0.5) is 4.39 Å². The van der Waals surface area contributed by atoms with Crippen molar-refractivity contribution in [2.75, 3.05) is 20.2 Å². The van der Waals surface area contributed by atoms with Crippen molar-refractivity contribution in [1.29, 1.82) is 0 Å². The Bertz CT molecular complexity index is 726. The molecule has 0 unspecified atom stereocenters. The molecule has 2 aromatic carbocycles. The molecule has 5 heteroatoms. The number of rotatable bonds is 4. The van der Waals surface area contributed by atoms with Crippen molar-refractivity contribution < 1.29 is 18.7 Å². The summed E-state index contributed by atoms with van der Waals surface area (Å²) in [5.41, 5.74) is 1.30. The third-order valence-corrected chi connectivity index (χ3v) is 3.90. The van der Waals surface area contributed by atoms with Gasteiger partial charge in [-0.1, -0.05) is 12.1 Å². The van der Waals surface area contributed by atoms with E-state index in [1.165, 1.54) is 12.1 Å². The van der Waals surface area contributed by atoms with Gasteiger partial charge in [-0.15, -0.1) is 0 Å². The molecule has 1 aliphatic rings. The van der Waals surface area contributed by atoms with E-state index in [1.807, 2.05) is 12.1 Å². The summed E-state index contributed by atoms with van der Waals surface area (Å²) >= 11 is 0. The largest absolute Gasteiger partial charge is 0.496 e. The molecular weight excluding hydrogens is 297 g/mol. The van der Waals surface area contributed by atoms with Gasteiger partial charge in [0.1, 0.15) is 23.4 Å². The summed E-state index contributed by atoms with van der Waals surface area (Å²) in [5.74, 6) is 0.867. The Labute approximate surface area is 134 Å². The third-order valence-electron chi connectivity index (χ3n) is 3.90. The lowest BCUT2D eigenvalue weighted by atomic mass is 10.1. The van der Waals surface area contributed by atoms with Crippen LogP contribution < -0.4 is 9.47 Å². The highest BCUT2D eigenvalue weighted by Crippen LogP contribution is 2.26. The molecule has 1 saturated heterocycles. The first kappa shape index (κ1) is 15.3. The molecule has 0 N–H and O–H groups in total. The number of amides is 1. The molecular formula is C18H18FNO3. The highest BCUT2D eigenvalue weighted by atomic mass is 19.1. The van der Waals surface area contributed by atoms with Gasteiger partial charge in [0.2, 0.25) is 0 Å². The van der Waals surface area contributed by atoms with Crippen LogP contribution in [-0.4, -0.2) is 37.1 Å². The summed E-state index contributed by atoms with van der Waals surface area (Å²) in [5, 5.41) is 0. The molecule has 3 rings (SSSR count). The summed E-state index contributed by atoms with van der Waals surface area (Å²) in [6, 6.07) is 11.6. The maximum absolute atomic E-state index is 13.1. The lowest BCUT2D eigenvalue weighted by Crippen LogP contribution is -2.56. The number of hydrogen-bond donors (Lipinski definition) is 0. The van der Waals surface area contributed by atoms with E-state index >= 15 is 0 Å². The minimum Gasteiger partial charge on any atom is -0.496 e. The Balaban J connectivity index is 1.61. The van der Waals surface area contributed by atoms with Crippen LogP contribution in [0, 0.1) is 12.7 Å². The lowest BCUT2D eigenvalue weighted by Gasteiger charge is -2.39. The van der Waals surface area contributed by atoms with E-state index in [0.717, 1.165) is 5.56 Å². The van der Waals surface area contributed by atoms with Crippen LogP contribution in [0.5, 0.6) is 11.5 Å². The van der Waals surface area contributed by atoms with Gasteiger partial charge >= 0.3 is 0 Å². The Morgan fingerprint density at radius 3 is 2.61 bits per heavy atom. The van der Waals surface area contributed by atoms with Crippen LogP contribution in [0.15, 0.2) is 42.5 Å². The number of nitrogens with zero attached hydrogens (tertiary/aromatic N) is 1. The van der Waals surface area contributed by atoms with Crippen molar-refractivity contribution in [3.05, 3.63) is 59.4 Å². The van der Waals surface area contributed by atoms with Gasteiger partial charge < -0.3 is 14.4 Å². The van der Waals surface area contributed by atoms with E-state index in [9.17, 15) is 9.18 Å². The Hall–Kier alpha value is -2.56. The standard InChI is InChI=1S/C18H18FNO3/c1-12-9-13(19)7-8-16(12)23-14-10-20(11-14)18(21)15-5-3-4-6-17(15)22-2/h3-9,14H,10-11H2,1-2H3. The fourth-order valence-electron chi connectivity index (χ4n) is 2.59. The predicted molar refractivity (Wildman–Crippen MR) is 84.5 cm³/mol. The SMILES string of the molecule is COc1ccccc1C(=O)N1CC(Oc2ccc(F)cc2C)C1. The molecule has 1 amide bonds. The third kappa shape index (κ3) is 3.13. The number of carbonyl (C=O) groups excluding carboxylic acids is 1. The maximum Gasteiger partial charge on any atom is 0.257 e. The molecule has 1 heterocycles. The van der Waals surface area contributed by atoms with Gasteiger partial charge in [0.15, 0.2) is 0 Å². The van der Waals surface area contributed by atoms with Gasteiger partial charge in [0.05, 0.1) is 25.8 Å². The topological polar surface area (TPSA) is 38.8 Å². The predicted octanol–water partition coefficient (Wildman–Crippen LogP) is 3.05. The number of aryl methyl sites for hydroxylation is 1. The van der Waals surface area contributed by atoms with Crippen LogP contribution >= 0.6 is 0 Å². The zero-order valence-corrected chi connectivity index (χ0v) is 13.1. The average Bonchev–Trinajstić information content (AvgIpc) is 2.51. The van der Waals surface area contributed by atoms with Crippen molar-refractivity contribution in [1.82, 2.24) is 4.90 Å². The van der Waals surface area contributed by atoms with Crippen molar-refractivity contribution in [3.63, 3.8) is 0 Å². The van der Waals surface area contributed by atoms with E-state index < -0.39 is 0 Å². The number of carbonyl (C=O) groups is 1. The number of benzene rings is 2. The molecule has 0 aliphatic carbocycles. The molecule has 0 aromatic heterocycles. The van der Waals surface area contributed by atoms with Gasteiger partial charge in [-0.2, -0.15) is 0 Å². The second kappa shape index (κ2) is 6.28. The zero-order chi connectivity index (χ0) is 16.4.